The summed E-state index contributed by atoms with van der Waals surface area (Å²) >= 11 is 3.59. The van der Waals surface area contributed by atoms with E-state index in [0.717, 1.165) is 18.6 Å². The van der Waals surface area contributed by atoms with Crippen molar-refractivity contribution >= 4 is 23.1 Å². The van der Waals surface area contributed by atoms with E-state index in [9.17, 15) is 0 Å². The highest BCUT2D eigenvalue weighted by molar-refractivity contribution is 8.01. The first kappa shape index (κ1) is 9.11. The van der Waals surface area contributed by atoms with Gasteiger partial charge in [-0.15, -0.1) is 23.1 Å². The van der Waals surface area contributed by atoms with Gasteiger partial charge in [-0.3, -0.25) is 0 Å². The lowest BCUT2D eigenvalue weighted by Gasteiger charge is -2.17. The van der Waals surface area contributed by atoms with Crippen LogP contribution in [0.3, 0.4) is 0 Å². The smallest absolute Gasteiger partial charge is 0.107 e. The predicted molar refractivity (Wildman–Crippen MR) is 58.1 cm³/mol. The molecule has 2 heterocycles. The van der Waals surface area contributed by atoms with E-state index in [0.29, 0.717) is 0 Å². The molecule has 1 aromatic rings. The highest BCUT2D eigenvalue weighted by atomic mass is 32.2. The zero-order chi connectivity index (χ0) is 9.15. The minimum absolute atomic E-state index is 0.106. The Kier molecular flexibility index (Phi) is 2.61. The van der Waals surface area contributed by atoms with Gasteiger partial charge in [0, 0.05) is 11.3 Å². The molecule has 3 heteroatoms. The van der Waals surface area contributed by atoms with Crippen LogP contribution in [0.1, 0.15) is 17.7 Å². The maximum absolute atomic E-state index is 9.15. The molecule has 0 aliphatic carbocycles. The fourth-order valence-corrected chi connectivity index (χ4v) is 3.86. The van der Waals surface area contributed by atoms with Crippen molar-refractivity contribution in [2.24, 2.45) is 0 Å². The first-order valence-electron chi connectivity index (χ1n) is 4.42. The monoisotopic (exact) mass is 209 g/mol. The lowest BCUT2D eigenvalue weighted by atomic mass is 10.0. The molecule has 1 nitrogen and oxygen atoms in total. The van der Waals surface area contributed by atoms with Gasteiger partial charge in [-0.25, -0.2) is 0 Å². The second-order valence-corrected chi connectivity index (χ2v) is 5.82. The average Bonchev–Trinajstić information content (AvgIpc) is 2.77. The summed E-state index contributed by atoms with van der Waals surface area (Å²) in [5, 5.41) is 11.2. The molecule has 1 aliphatic rings. The van der Waals surface area contributed by atoms with Gasteiger partial charge < -0.3 is 0 Å². The molecular weight excluding hydrogens is 198 g/mol. The van der Waals surface area contributed by atoms with Gasteiger partial charge in [0.2, 0.25) is 0 Å². The standard InChI is InChI=1S/C10H11NS2/c11-8-10(4-2-6-13-10)7-9-3-1-5-12-9/h1,3,5H,2,4,6-7H2. The SMILES string of the molecule is N#CC1(Cc2cccs2)CCCS1. The van der Waals surface area contributed by atoms with Gasteiger partial charge in [-0.1, -0.05) is 6.07 Å². The molecule has 0 bridgehead atoms. The van der Waals surface area contributed by atoms with E-state index in [-0.39, 0.29) is 4.75 Å². The number of hydrogen-bond acceptors (Lipinski definition) is 3. The summed E-state index contributed by atoms with van der Waals surface area (Å²) in [7, 11) is 0. The molecule has 13 heavy (non-hydrogen) atoms. The van der Waals surface area contributed by atoms with Crippen molar-refractivity contribution in [3.05, 3.63) is 22.4 Å². The van der Waals surface area contributed by atoms with Crippen LogP contribution in [-0.2, 0) is 6.42 Å². The quantitative estimate of drug-likeness (QED) is 0.747. The molecule has 68 valence electrons. The van der Waals surface area contributed by atoms with Crippen LogP contribution in [0, 0.1) is 11.3 Å². The molecule has 0 amide bonds. The van der Waals surface area contributed by atoms with Gasteiger partial charge in [0.25, 0.3) is 0 Å². The van der Waals surface area contributed by atoms with Crippen LogP contribution in [0.5, 0.6) is 0 Å². The van der Waals surface area contributed by atoms with Crippen molar-refractivity contribution in [3.63, 3.8) is 0 Å². The zero-order valence-electron chi connectivity index (χ0n) is 7.32. The first-order chi connectivity index (χ1) is 6.35. The number of thioether (sulfide) groups is 1. The third-order valence-corrected chi connectivity index (χ3v) is 4.71. The molecule has 0 N–H and O–H groups in total. The molecular formula is C10H11NS2. The Morgan fingerprint density at radius 1 is 1.62 bits per heavy atom. The van der Waals surface area contributed by atoms with Crippen molar-refractivity contribution in [2.45, 2.75) is 24.0 Å². The molecule has 1 fully saturated rings. The molecule has 1 aliphatic heterocycles. The number of nitrogens with zero attached hydrogens (tertiary/aromatic N) is 1. The van der Waals surface area contributed by atoms with Gasteiger partial charge in [-0.05, 0) is 30.0 Å². The maximum atomic E-state index is 9.15. The molecule has 1 aromatic heterocycles. The van der Waals surface area contributed by atoms with E-state index in [1.165, 1.54) is 11.3 Å². The van der Waals surface area contributed by atoms with Gasteiger partial charge >= 0.3 is 0 Å². The zero-order valence-corrected chi connectivity index (χ0v) is 8.96. The van der Waals surface area contributed by atoms with E-state index in [4.69, 9.17) is 5.26 Å². The van der Waals surface area contributed by atoms with Crippen LogP contribution in [0.25, 0.3) is 0 Å². The third-order valence-electron chi connectivity index (χ3n) is 2.35. The lowest BCUT2D eigenvalue weighted by molar-refractivity contribution is 0.677. The number of nitriles is 1. The van der Waals surface area contributed by atoms with Crippen molar-refractivity contribution in [1.82, 2.24) is 0 Å². The molecule has 1 atom stereocenters. The lowest BCUT2D eigenvalue weighted by Crippen LogP contribution is -2.20. The van der Waals surface area contributed by atoms with Crippen LogP contribution in [-0.4, -0.2) is 10.5 Å². The van der Waals surface area contributed by atoms with Gasteiger partial charge in [0.1, 0.15) is 4.75 Å². The summed E-state index contributed by atoms with van der Waals surface area (Å²) in [6, 6.07) is 6.67. The fraction of sp³-hybridized carbons (Fsp3) is 0.500. The Morgan fingerprint density at radius 3 is 3.08 bits per heavy atom. The minimum atomic E-state index is -0.106. The Labute approximate surface area is 86.8 Å². The minimum Gasteiger partial charge on any atom is -0.197 e. The molecule has 2 rings (SSSR count). The summed E-state index contributed by atoms with van der Waals surface area (Å²) in [6.07, 6.45) is 3.20. The molecule has 1 saturated heterocycles. The van der Waals surface area contributed by atoms with Gasteiger partial charge in [0.05, 0.1) is 6.07 Å². The number of thiophene rings is 1. The van der Waals surface area contributed by atoms with Gasteiger partial charge in [-0.2, -0.15) is 5.26 Å². The molecule has 0 aromatic carbocycles. The van der Waals surface area contributed by atoms with Crippen molar-refractivity contribution in [1.29, 1.82) is 5.26 Å². The highest BCUT2D eigenvalue weighted by Gasteiger charge is 2.35. The van der Waals surface area contributed by atoms with Crippen molar-refractivity contribution < 1.29 is 0 Å². The second-order valence-electron chi connectivity index (χ2n) is 3.31. The van der Waals surface area contributed by atoms with E-state index >= 15 is 0 Å². The predicted octanol–water partition coefficient (Wildman–Crippen LogP) is 3.08. The fourth-order valence-electron chi connectivity index (χ4n) is 1.66. The summed E-state index contributed by atoms with van der Waals surface area (Å²) in [5.41, 5.74) is 0. The maximum Gasteiger partial charge on any atom is 0.107 e. The Bertz CT molecular complexity index is 304. The van der Waals surface area contributed by atoms with Crippen molar-refractivity contribution in [2.75, 3.05) is 5.75 Å². The van der Waals surface area contributed by atoms with Crippen molar-refractivity contribution in [3.8, 4) is 6.07 Å². The summed E-state index contributed by atoms with van der Waals surface area (Å²) < 4.78 is -0.106. The topological polar surface area (TPSA) is 23.8 Å². The van der Waals surface area contributed by atoms with Crippen LogP contribution >= 0.6 is 23.1 Å². The summed E-state index contributed by atoms with van der Waals surface area (Å²) in [6.45, 7) is 0. The average molecular weight is 209 g/mol. The van der Waals surface area contributed by atoms with Crippen LogP contribution < -0.4 is 0 Å². The number of rotatable bonds is 2. The Balaban J connectivity index is 2.11. The Hall–Kier alpha value is -0.460. The van der Waals surface area contributed by atoms with E-state index in [2.05, 4.69) is 23.6 Å². The van der Waals surface area contributed by atoms with E-state index < -0.39 is 0 Å². The molecule has 1 unspecified atom stereocenters. The largest absolute Gasteiger partial charge is 0.197 e. The molecule has 0 saturated carbocycles. The van der Waals surface area contributed by atoms with E-state index in [1.807, 2.05) is 11.8 Å². The van der Waals surface area contributed by atoms with Crippen LogP contribution in [0.4, 0.5) is 0 Å². The molecule has 0 radical (unpaired) electrons. The molecule has 0 spiro atoms. The van der Waals surface area contributed by atoms with Gasteiger partial charge in [0.15, 0.2) is 0 Å². The highest BCUT2D eigenvalue weighted by Crippen LogP contribution is 2.40. The van der Waals surface area contributed by atoms with Crippen LogP contribution in [0.2, 0.25) is 0 Å². The normalized spacial score (nSPS) is 27.3. The van der Waals surface area contributed by atoms with E-state index in [1.54, 1.807) is 11.3 Å². The Morgan fingerprint density at radius 2 is 2.54 bits per heavy atom. The summed E-state index contributed by atoms with van der Waals surface area (Å²) in [5.74, 6) is 1.15. The first-order valence-corrected chi connectivity index (χ1v) is 6.29. The third kappa shape index (κ3) is 1.90. The second kappa shape index (κ2) is 3.73. The van der Waals surface area contributed by atoms with Crippen LogP contribution in [0.15, 0.2) is 17.5 Å². The number of hydrogen-bond donors (Lipinski definition) is 0. The summed E-state index contributed by atoms with van der Waals surface area (Å²) in [4.78, 5) is 1.34.